The normalized spacial score (nSPS) is 11.4. The van der Waals surface area contributed by atoms with Gasteiger partial charge in [-0.1, -0.05) is 12.1 Å². The molecule has 0 fully saturated rings. The van der Waals surface area contributed by atoms with E-state index in [0.717, 1.165) is 29.8 Å². The topological polar surface area (TPSA) is 77.5 Å². The van der Waals surface area contributed by atoms with Crippen molar-refractivity contribution in [3.63, 3.8) is 0 Å². The molecule has 5 nitrogen and oxygen atoms in total. The fourth-order valence-corrected chi connectivity index (χ4v) is 3.01. The smallest absolute Gasteiger partial charge is 0.346 e. The van der Waals surface area contributed by atoms with Crippen molar-refractivity contribution in [2.24, 2.45) is 0 Å². The van der Waals surface area contributed by atoms with Gasteiger partial charge in [0.2, 0.25) is 0 Å². The molecule has 0 radical (unpaired) electrons. The molecule has 136 valence electrons. The van der Waals surface area contributed by atoms with Gasteiger partial charge < -0.3 is 14.4 Å². The Morgan fingerprint density at radius 3 is 2.44 bits per heavy atom. The van der Waals surface area contributed by atoms with Crippen molar-refractivity contribution in [1.29, 1.82) is 5.26 Å². The van der Waals surface area contributed by atoms with Crippen LogP contribution in [0.5, 0.6) is 0 Å². The summed E-state index contributed by atoms with van der Waals surface area (Å²) in [6, 6.07) is 17.2. The van der Waals surface area contributed by atoms with Gasteiger partial charge >= 0.3 is 5.97 Å². The van der Waals surface area contributed by atoms with Gasteiger partial charge in [0, 0.05) is 29.7 Å². The monoisotopic (exact) mass is 360 g/mol. The lowest BCUT2D eigenvalue weighted by molar-refractivity contribution is -0.132. The van der Waals surface area contributed by atoms with Crippen LogP contribution in [-0.4, -0.2) is 24.2 Å². The highest BCUT2D eigenvalue weighted by Crippen LogP contribution is 2.30. The van der Waals surface area contributed by atoms with E-state index in [1.807, 2.05) is 24.3 Å². The molecule has 1 heterocycles. The summed E-state index contributed by atoms with van der Waals surface area (Å²) in [5.41, 5.74) is 3.09. The molecule has 2 aromatic carbocycles. The molecule has 0 aliphatic carbocycles. The predicted molar refractivity (Wildman–Crippen MR) is 106 cm³/mol. The first kappa shape index (κ1) is 18.3. The summed E-state index contributed by atoms with van der Waals surface area (Å²) < 4.78 is 5.95. The van der Waals surface area contributed by atoms with Gasteiger partial charge in [0.25, 0.3) is 0 Å². The van der Waals surface area contributed by atoms with Crippen LogP contribution in [0.2, 0.25) is 0 Å². The Bertz CT molecular complexity index is 1040. The van der Waals surface area contributed by atoms with Crippen molar-refractivity contribution in [3.8, 4) is 17.4 Å². The summed E-state index contributed by atoms with van der Waals surface area (Å²) in [5.74, 6) is -0.498. The molecular formula is C22H20N2O3. The number of carbonyl (C=O) groups is 1. The van der Waals surface area contributed by atoms with E-state index in [2.05, 4.69) is 30.9 Å². The third-order valence-electron chi connectivity index (χ3n) is 4.49. The van der Waals surface area contributed by atoms with Crippen LogP contribution in [-0.2, 0) is 4.79 Å². The predicted octanol–water partition coefficient (Wildman–Crippen LogP) is 4.94. The fraction of sp³-hybridized carbons (Fsp3) is 0.182. The molecule has 0 unspecified atom stereocenters. The highest BCUT2D eigenvalue weighted by Gasteiger charge is 2.10. The maximum atomic E-state index is 11.0. The first-order valence-electron chi connectivity index (χ1n) is 8.79. The van der Waals surface area contributed by atoms with E-state index >= 15 is 0 Å². The minimum Gasteiger partial charge on any atom is -0.477 e. The number of benzene rings is 2. The second-order valence-corrected chi connectivity index (χ2v) is 6.10. The van der Waals surface area contributed by atoms with E-state index in [0.29, 0.717) is 11.1 Å². The Kier molecular flexibility index (Phi) is 5.28. The zero-order chi connectivity index (χ0) is 19.4. The Labute approximate surface area is 157 Å². The van der Waals surface area contributed by atoms with E-state index in [-0.39, 0.29) is 5.57 Å². The summed E-state index contributed by atoms with van der Waals surface area (Å²) in [7, 11) is 0. The SMILES string of the molecule is CCN(CC)c1ccc(-c2cc3ccc(/C=C(\C#N)C(=O)O)cc3o2)cc1. The summed E-state index contributed by atoms with van der Waals surface area (Å²) in [4.78, 5) is 13.3. The van der Waals surface area contributed by atoms with E-state index in [4.69, 9.17) is 14.8 Å². The summed E-state index contributed by atoms with van der Waals surface area (Å²) in [5, 5.41) is 18.8. The molecule has 1 aromatic heterocycles. The number of nitrogens with zero attached hydrogens (tertiary/aromatic N) is 2. The van der Waals surface area contributed by atoms with Gasteiger partial charge in [-0.25, -0.2) is 4.79 Å². The molecule has 3 aromatic rings. The van der Waals surface area contributed by atoms with Crippen molar-refractivity contribution >= 4 is 28.7 Å². The molecular weight excluding hydrogens is 340 g/mol. The number of rotatable bonds is 6. The van der Waals surface area contributed by atoms with Crippen LogP contribution in [0.15, 0.2) is 58.5 Å². The van der Waals surface area contributed by atoms with Crippen LogP contribution in [0.1, 0.15) is 19.4 Å². The van der Waals surface area contributed by atoms with Gasteiger partial charge in [0.1, 0.15) is 23.0 Å². The van der Waals surface area contributed by atoms with Gasteiger partial charge in [-0.2, -0.15) is 5.26 Å². The Morgan fingerprint density at radius 1 is 1.15 bits per heavy atom. The largest absolute Gasteiger partial charge is 0.477 e. The maximum absolute atomic E-state index is 11.0. The lowest BCUT2D eigenvalue weighted by Crippen LogP contribution is -2.21. The molecule has 0 aliphatic rings. The number of hydrogen-bond donors (Lipinski definition) is 1. The molecule has 0 atom stereocenters. The Balaban J connectivity index is 1.93. The van der Waals surface area contributed by atoms with Crippen molar-refractivity contribution in [2.75, 3.05) is 18.0 Å². The van der Waals surface area contributed by atoms with Crippen molar-refractivity contribution in [2.45, 2.75) is 13.8 Å². The number of aliphatic carboxylic acids is 1. The number of anilines is 1. The van der Waals surface area contributed by atoms with Gasteiger partial charge in [-0.15, -0.1) is 0 Å². The zero-order valence-electron chi connectivity index (χ0n) is 15.3. The zero-order valence-corrected chi connectivity index (χ0v) is 15.3. The first-order valence-corrected chi connectivity index (χ1v) is 8.79. The van der Waals surface area contributed by atoms with Crippen molar-refractivity contribution in [3.05, 3.63) is 59.7 Å². The molecule has 27 heavy (non-hydrogen) atoms. The Morgan fingerprint density at radius 2 is 1.85 bits per heavy atom. The highest BCUT2D eigenvalue weighted by atomic mass is 16.4. The molecule has 0 aliphatic heterocycles. The third-order valence-corrected chi connectivity index (χ3v) is 4.49. The van der Waals surface area contributed by atoms with Gasteiger partial charge in [0.15, 0.2) is 0 Å². The van der Waals surface area contributed by atoms with Crippen LogP contribution in [0, 0.1) is 11.3 Å². The van der Waals surface area contributed by atoms with Crippen molar-refractivity contribution < 1.29 is 14.3 Å². The average molecular weight is 360 g/mol. The van der Waals surface area contributed by atoms with Gasteiger partial charge in [0.05, 0.1) is 0 Å². The molecule has 0 bridgehead atoms. The van der Waals surface area contributed by atoms with Gasteiger partial charge in [-0.3, -0.25) is 0 Å². The Hall–Kier alpha value is -3.52. The molecule has 5 heteroatoms. The fourth-order valence-electron chi connectivity index (χ4n) is 3.01. The lowest BCUT2D eigenvalue weighted by atomic mass is 10.1. The average Bonchev–Trinajstić information content (AvgIpc) is 3.10. The van der Waals surface area contributed by atoms with E-state index in [9.17, 15) is 4.79 Å². The van der Waals surface area contributed by atoms with Crippen LogP contribution >= 0.6 is 0 Å². The van der Waals surface area contributed by atoms with Crippen LogP contribution in [0.3, 0.4) is 0 Å². The number of nitriles is 1. The van der Waals surface area contributed by atoms with E-state index in [1.165, 1.54) is 11.8 Å². The van der Waals surface area contributed by atoms with Crippen molar-refractivity contribution in [1.82, 2.24) is 0 Å². The number of carboxylic acid groups (broad SMARTS) is 1. The minimum absolute atomic E-state index is 0.312. The molecule has 0 spiro atoms. The van der Waals surface area contributed by atoms with E-state index < -0.39 is 5.97 Å². The number of furan rings is 1. The number of hydrogen-bond acceptors (Lipinski definition) is 4. The van der Waals surface area contributed by atoms with Crippen LogP contribution in [0.25, 0.3) is 28.4 Å². The number of fused-ring (bicyclic) bond motifs is 1. The van der Waals surface area contributed by atoms with Crippen LogP contribution in [0.4, 0.5) is 5.69 Å². The second kappa shape index (κ2) is 7.79. The molecule has 0 amide bonds. The second-order valence-electron chi connectivity index (χ2n) is 6.10. The van der Waals surface area contributed by atoms with Crippen LogP contribution < -0.4 is 4.90 Å². The number of carboxylic acids is 1. The lowest BCUT2D eigenvalue weighted by Gasteiger charge is -2.20. The summed E-state index contributed by atoms with van der Waals surface area (Å²) in [6.07, 6.45) is 1.34. The molecule has 0 saturated carbocycles. The maximum Gasteiger partial charge on any atom is 0.346 e. The highest BCUT2D eigenvalue weighted by molar-refractivity contribution is 5.97. The first-order chi connectivity index (χ1) is 13.0. The quantitative estimate of drug-likeness (QED) is 0.498. The standard InChI is InChI=1S/C22H20N2O3/c1-3-24(4-2)19-9-7-16(8-10-19)21-13-17-6-5-15(12-20(17)27-21)11-18(14-23)22(25)26/h5-13H,3-4H2,1-2H3,(H,25,26)/b18-11+. The molecule has 1 N–H and O–H groups in total. The molecule has 0 saturated heterocycles. The minimum atomic E-state index is -1.24. The summed E-state index contributed by atoms with van der Waals surface area (Å²) >= 11 is 0. The van der Waals surface area contributed by atoms with Gasteiger partial charge in [-0.05, 0) is 61.9 Å². The third kappa shape index (κ3) is 3.85. The molecule has 3 rings (SSSR count). The summed E-state index contributed by atoms with van der Waals surface area (Å²) in [6.45, 7) is 6.17. The van der Waals surface area contributed by atoms with E-state index in [1.54, 1.807) is 18.2 Å².